The predicted octanol–water partition coefficient (Wildman–Crippen LogP) is 3.24. The van der Waals surface area contributed by atoms with Crippen LogP contribution < -0.4 is 10.1 Å². The molecule has 0 aliphatic rings. The van der Waals surface area contributed by atoms with E-state index in [4.69, 9.17) is 4.74 Å². The third kappa shape index (κ3) is 3.18. The Morgan fingerprint density at radius 3 is 2.60 bits per heavy atom. The van der Waals surface area contributed by atoms with Crippen LogP contribution in [-0.4, -0.2) is 13.0 Å². The number of amides is 1. The largest absolute Gasteiger partial charge is 0.496 e. The van der Waals surface area contributed by atoms with E-state index in [1.807, 2.05) is 56.3 Å². The molecule has 1 amide bonds. The monoisotopic (exact) mass is 269 g/mol. The Morgan fingerprint density at radius 2 is 1.90 bits per heavy atom. The second-order valence-electron chi connectivity index (χ2n) is 4.81. The van der Waals surface area contributed by atoms with Gasteiger partial charge in [0.05, 0.1) is 7.11 Å². The summed E-state index contributed by atoms with van der Waals surface area (Å²) in [6.45, 7) is 4.42. The van der Waals surface area contributed by atoms with Gasteiger partial charge in [0.25, 0.3) is 5.91 Å². The Kier molecular flexibility index (Phi) is 4.41. The molecule has 20 heavy (non-hydrogen) atoms. The van der Waals surface area contributed by atoms with Gasteiger partial charge in [0.15, 0.2) is 0 Å². The molecule has 1 N–H and O–H groups in total. The first-order valence-corrected chi connectivity index (χ1v) is 6.59. The van der Waals surface area contributed by atoms with E-state index >= 15 is 0 Å². The van der Waals surface area contributed by atoms with E-state index in [0.29, 0.717) is 12.1 Å². The summed E-state index contributed by atoms with van der Waals surface area (Å²) in [6.07, 6.45) is 0. The van der Waals surface area contributed by atoms with Crippen LogP contribution in [0.2, 0.25) is 0 Å². The molecule has 0 aliphatic heterocycles. The first-order chi connectivity index (χ1) is 9.61. The van der Waals surface area contributed by atoms with Crippen LogP contribution in [-0.2, 0) is 6.54 Å². The lowest BCUT2D eigenvalue weighted by Crippen LogP contribution is -2.23. The van der Waals surface area contributed by atoms with Crippen molar-refractivity contribution >= 4 is 5.91 Å². The molecule has 0 aromatic heterocycles. The number of hydrogen-bond donors (Lipinski definition) is 1. The van der Waals surface area contributed by atoms with Crippen molar-refractivity contribution in [2.45, 2.75) is 20.4 Å². The van der Waals surface area contributed by atoms with E-state index in [0.717, 1.165) is 22.4 Å². The lowest BCUT2D eigenvalue weighted by molar-refractivity contribution is 0.0950. The Morgan fingerprint density at radius 1 is 1.15 bits per heavy atom. The van der Waals surface area contributed by atoms with Gasteiger partial charge in [0.1, 0.15) is 5.75 Å². The maximum Gasteiger partial charge on any atom is 0.251 e. The maximum absolute atomic E-state index is 12.2. The number of hydrogen-bond acceptors (Lipinski definition) is 2. The summed E-state index contributed by atoms with van der Waals surface area (Å²) < 4.78 is 5.27. The predicted molar refractivity (Wildman–Crippen MR) is 80.1 cm³/mol. The second-order valence-corrected chi connectivity index (χ2v) is 4.81. The number of methoxy groups -OCH3 is 1. The molecule has 0 aliphatic carbocycles. The van der Waals surface area contributed by atoms with Crippen molar-refractivity contribution in [1.82, 2.24) is 5.32 Å². The minimum absolute atomic E-state index is 0.0617. The molecule has 104 valence electrons. The summed E-state index contributed by atoms with van der Waals surface area (Å²) in [4.78, 5) is 12.2. The fourth-order valence-corrected chi connectivity index (χ4v) is 2.19. The summed E-state index contributed by atoms with van der Waals surface area (Å²) >= 11 is 0. The van der Waals surface area contributed by atoms with E-state index in [9.17, 15) is 4.79 Å². The van der Waals surface area contributed by atoms with Crippen molar-refractivity contribution < 1.29 is 9.53 Å². The molecule has 0 unspecified atom stereocenters. The van der Waals surface area contributed by atoms with E-state index in [2.05, 4.69) is 5.32 Å². The van der Waals surface area contributed by atoms with Gasteiger partial charge in [-0.05, 0) is 31.5 Å². The third-order valence-corrected chi connectivity index (χ3v) is 3.26. The molecule has 0 spiro atoms. The smallest absolute Gasteiger partial charge is 0.251 e. The minimum Gasteiger partial charge on any atom is -0.496 e. The lowest BCUT2D eigenvalue weighted by Gasteiger charge is -2.11. The van der Waals surface area contributed by atoms with Gasteiger partial charge < -0.3 is 10.1 Å². The Bertz CT molecular complexity index is 620. The highest BCUT2D eigenvalue weighted by molar-refractivity contribution is 5.95. The zero-order chi connectivity index (χ0) is 14.5. The van der Waals surface area contributed by atoms with Crippen LogP contribution >= 0.6 is 0 Å². The molecule has 3 heteroatoms. The number of nitrogens with one attached hydrogen (secondary N) is 1. The summed E-state index contributed by atoms with van der Waals surface area (Å²) in [5.74, 6) is 0.724. The standard InChI is InChI=1S/C17H19NO2/c1-12-8-9-15(13(2)10-12)17(19)18-11-14-6-4-5-7-16(14)20-3/h4-10H,11H2,1-3H3,(H,18,19). The summed E-state index contributed by atoms with van der Waals surface area (Å²) in [6, 6.07) is 13.5. The van der Waals surface area contributed by atoms with Gasteiger partial charge in [-0.1, -0.05) is 35.9 Å². The van der Waals surface area contributed by atoms with E-state index < -0.39 is 0 Å². The van der Waals surface area contributed by atoms with Crippen molar-refractivity contribution in [2.75, 3.05) is 7.11 Å². The van der Waals surface area contributed by atoms with Gasteiger partial charge in [0.2, 0.25) is 0 Å². The lowest BCUT2D eigenvalue weighted by atomic mass is 10.1. The van der Waals surface area contributed by atoms with Crippen molar-refractivity contribution in [3.63, 3.8) is 0 Å². The van der Waals surface area contributed by atoms with Crippen molar-refractivity contribution in [2.24, 2.45) is 0 Å². The zero-order valence-electron chi connectivity index (χ0n) is 12.1. The molecular formula is C17H19NO2. The number of benzene rings is 2. The molecule has 0 saturated carbocycles. The van der Waals surface area contributed by atoms with Crippen LogP contribution in [0.3, 0.4) is 0 Å². The van der Waals surface area contributed by atoms with Gasteiger partial charge in [-0.3, -0.25) is 4.79 Å². The normalized spacial score (nSPS) is 10.2. The van der Waals surface area contributed by atoms with E-state index in [1.54, 1.807) is 7.11 Å². The van der Waals surface area contributed by atoms with Crippen LogP contribution in [0.4, 0.5) is 0 Å². The highest BCUT2D eigenvalue weighted by atomic mass is 16.5. The summed E-state index contributed by atoms with van der Waals surface area (Å²) in [7, 11) is 1.63. The van der Waals surface area contributed by atoms with Crippen LogP contribution in [0, 0.1) is 13.8 Å². The highest BCUT2D eigenvalue weighted by Gasteiger charge is 2.09. The molecule has 0 fully saturated rings. The molecular weight excluding hydrogens is 250 g/mol. The fraction of sp³-hybridized carbons (Fsp3) is 0.235. The molecule has 0 heterocycles. The number of para-hydroxylation sites is 1. The first kappa shape index (κ1) is 14.1. The minimum atomic E-state index is -0.0617. The fourth-order valence-electron chi connectivity index (χ4n) is 2.19. The zero-order valence-corrected chi connectivity index (χ0v) is 12.1. The van der Waals surface area contributed by atoms with Gasteiger partial charge in [-0.15, -0.1) is 0 Å². The molecule has 0 radical (unpaired) electrons. The summed E-state index contributed by atoms with van der Waals surface area (Å²) in [5.41, 5.74) is 3.82. The molecule has 2 aromatic carbocycles. The molecule has 3 nitrogen and oxygen atoms in total. The maximum atomic E-state index is 12.2. The quantitative estimate of drug-likeness (QED) is 0.925. The van der Waals surface area contributed by atoms with Gasteiger partial charge in [0, 0.05) is 17.7 Å². The second kappa shape index (κ2) is 6.24. The summed E-state index contributed by atoms with van der Waals surface area (Å²) in [5, 5.41) is 2.93. The number of carbonyl (C=O) groups excluding carboxylic acids is 1. The van der Waals surface area contributed by atoms with Crippen LogP contribution in [0.1, 0.15) is 27.0 Å². The molecule has 0 saturated heterocycles. The number of carbonyl (C=O) groups is 1. The van der Waals surface area contributed by atoms with E-state index in [-0.39, 0.29) is 5.91 Å². The van der Waals surface area contributed by atoms with Crippen LogP contribution in [0.15, 0.2) is 42.5 Å². The Labute approximate surface area is 119 Å². The topological polar surface area (TPSA) is 38.3 Å². The molecule has 2 aromatic rings. The van der Waals surface area contributed by atoms with Crippen molar-refractivity contribution in [3.8, 4) is 5.75 Å². The first-order valence-electron chi connectivity index (χ1n) is 6.59. The number of aryl methyl sites for hydroxylation is 2. The number of rotatable bonds is 4. The molecule has 0 atom stereocenters. The Hall–Kier alpha value is -2.29. The van der Waals surface area contributed by atoms with Crippen molar-refractivity contribution in [1.29, 1.82) is 0 Å². The van der Waals surface area contributed by atoms with Crippen LogP contribution in [0.5, 0.6) is 5.75 Å². The van der Waals surface area contributed by atoms with Crippen molar-refractivity contribution in [3.05, 3.63) is 64.7 Å². The van der Waals surface area contributed by atoms with Crippen LogP contribution in [0.25, 0.3) is 0 Å². The highest BCUT2D eigenvalue weighted by Crippen LogP contribution is 2.17. The molecule has 2 rings (SSSR count). The average molecular weight is 269 g/mol. The van der Waals surface area contributed by atoms with Gasteiger partial charge in [-0.25, -0.2) is 0 Å². The van der Waals surface area contributed by atoms with E-state index in [1.165, 1.54) is 0 Å². The third-order valence-electron chi connectivity index (χ3n) is 3.26. The Balaban J connectivity index is 2.09. The average Bonchev–Trinajstić information content (AvgIpc) is 2.45. The number of ether oxygens (including phenoxy) is 1. The van der Waals surface area contributed by atoms with Gasteiger partial charge in [-0.2, -0.15) is 0 Å². The van der Waals surface area contributed by atoms with Gasteiger partial charge >= 0.3 is 0 Å². The SMILES string of the molecule is COc1ccccc1CNC(=O)c1ccc(C)cc1C. The molecule has 0 bridgehead atoms.